The van der Waals surface area contributed by atoms with Crippen molar-refractivity contribution in [2.75, 3.05) is 0 Å². The van der Waals surface area contributed by atoms with Crippen LogP contribution in [0.3, 0.4) is 0 Å². The molecule has 1 aromatic carbocycles. The molecule has 0 fully saturated rings. The number of halogens is 1. The minimum atomic E-state index is -0.261. The molecule has 0 amide bonds. The summed E-state index contributed by atoms with van der Waals surface area (Å²) >= 11 is 0. The van der Waals surface area contributed by atoms with Crippen molar-refractivity contribution in [2.45, 2.75) is 44.6 Å². The molecular formula is C13H18FN. The van der Waals surface area contributed by atoms with Crippen molar-refractivity contribution in [3.63, 3.8) is 0 Å². The molecule has 0 heterocycles. The summed E-state index contributed by atoms with van der Waals surface area (Å²) in [6.45, 7) is 4.05. The molecule has 15 heavy (non-hydrogen) atoms. The van der Waals surface area contributed by atoms with Crippen LogP contribution >= 0.6 is 0 Å². The van der Waals surface area contributed by atoms with E-state index in [0.717, 1.165) is 24.8 Å². The minimum Gasteiger partial charge on any atom is -0.325 e. The van der Waals surface area contributed by atoms with Gasteiger partial charge in [0.25, 0.3) is 0 Å². The van der Waals surface area contributed by atoms with Gasteiger partial charge in [-0.3, -0.25) is 0 Å². The molecule has 0 saturated heterocycles. The third kappa shape index (κ3) is 2.05. The number of aryl methyl sites for hydroxylation is 1. The topological polar surface area (TPSA) is 26.0 Å². The van der Waals surface area contributed by atoms with Gasteiger partial charge in [0, 0.05) is 11.5 Å². The lowest BCUT2D eigenvalue weighted by molar-refractivity contribution is 0.367. The molecule has 1 aliphatic rings. The second-order valence-electron chi connectivity index (χ2n) is 5.11. The van der Waals surface area contributed by atoms with E-state index in [2.05, 4.69) is 0 Å². The van der Waals surface area contributed by atoms with Crippen molar-refractivity contribution in [1.82, 2.24) is 0 Å². The Kier molecular flexibility index (Phi) is 2.55. The highest BCUT2D eigenvalue weighted by Crippen LogP contribution is 2.37. The smallest absolute Gasteiger partial charge is 0.123 e. The average molecular weight is 207 g/mol. The third-order valence-corrected chi connectivity index (χ3v) is 3.32. The van der Waals surface area contributed by atoms with Crippen LogP contribution in [0, 0.1) is 5.82 Å². The van der Waals surface area contributed by atoms with Gasteiger partial charge < -0.3 is 5.73 Å². The minimum absolute atomic E-state index is 0.148. The maximum absolute atomic E-state index is 13.2. The van der Waals surface area contributed by atoms with E-state index in [1.807, 2.05) is 19.9 Å². The highest BCUT2D eigenvalue weighted by Gasteiger charge is 2.30. The Bertz CT molecular complexity index is 365. The largest absolute Gasteiger partial charge is 0.325 e. The van der Waals surface area contributed by atoms with Crippen molar-refractivity contribution < 1.29 is 4.39 Å². The maximum Gasteiger partial charge on any atom is 0.123 e. The van der Waals surface area contributed by atoms with E-state index in [0.29, 0.717) is 0 Å². The van der Waals surface area contributed by atoms with E-state index in [-0.39, 0.29) is 17.3 Å². The van der Waals surface area contributed by atoms with Gasteiger partial charge in [0.15, 0.2) is 0 Å². The summed E-state index contributed by atoms with van der Waals surface area (Å²) in [5.41, 5.74) is 8.28. The number of hydrogen-bond donors (Lipinski definition) is 1. The van der Waals surface area contributed by atoms with Crippen LogP contribution in [0.25, 0.3) is 0 Å². The van der Waals surface area contributed by atoms with Crippen LogP contribution < -0.4 is 5.73 Å². The summed E-state index contributed by atoms with van der Waals surface area (Å²) in [4.78, 5) is 0. The van der Waals surface area contributed by atoms with Crippen molar-refractivity contribution in [1.29, 1.82) is 0 Å². The molecule has 2 heteroatoms. The molecule has 0 aliphatic heterocycles. The maximum atomic E-state index is 13.2. The standard InChI is InChI=1S/C13H18FN/c1-13(2,15)12-5-3-4-9-6-7-10(14)8-11(9)12/h6-8,12H,3-5,15H2,1-2H3. The van der Waals surface area contributed by atoms with Crippen LogP contribution in [0.4, 0.5) is 4.39 Å². The SMILES string of the molecule is CC(C)(N)C1CCCc2ccc(F)cc21. The molecule has 0 bridgehead atoms. The molecule has 0 spiro atoms. The third-order valence-electron chi connectivity index (χ3n) is 3.32. The zero-order chi connectivity index (χ0) is 11.1. The van der Waals surface area contributed by atoms with Gasteiger partial charge in [0.05, 0.1) is 0 Å². The summed E-state index contributed by atoms with van der Waals surface area (Å²) in [6, 6.07) is 5.11. The first kappa shape index (κ1) is 10.6. The summed E-state index contributed by atoms with van der Waals surface area (Å²) < 4.78 is 13.2. The Morgan fingerprint density at radius 1 is 1.40 bits per heavy atom. The first-order valence-electron chi connectivity index (χ1n) is 5.55. The van der Waals surface area contributed by atoms with Gasteiger partial charge in [-0.05, 0) is 56.4 Å². The molecular weight excluding hydrogens is 189 g/mol. The number of hydrogen-bond acceptors (Lipinski definition) is 1. The summed E-state index contributed by atoms with van der Waals surface area (Å²) in [7, 11) is 0. The molecule has 0 saturated carbocycles. The Morgan fingerprint density at radius 2 is 2.13 bits per heavy atom. The van der Waals surface area contributed by atoms with Crippen molar-refractivity contribution in [3.05, 3.63) is 35.1 Å². The summed E-state index contributed by atoms with van der Waals surface area (Å²) in [6.07, 6.45) is 3.28. The first-order valence-corrected chi connectivity index (χ1v) is 5.55. The van der Waals surface area contributed by atoms with E-state index in [1.165, 1.54) is 5.56 Å². The van der Waals surface area contributed by atoms with E-state index in [4.69, 9.17) is 5.73 Å². The van der Waals surface area contributed by atoms with Gasteiger partial charge >= 0.3 is 0 Å². The van der Waals surface area contributed by atoms with Gasteiger partial charge in [-0.2, -0.15) is 0 Å². The molecule has 82 valence electrons. The highest BCUT2D eigenvalue weighted by atomic mass is 19.1. The first-order chi connectivity index (χ1) is 6.98. The van der Waals surface area contributed by atoms with Crippen LogP contribution in [0.1, 0.15) is 43.7 Å². The number of benzene rings is 1. The Hall–Kier alpha value is -0.890. The van der Waals surface area contributed by atoms with E-state index < -0.39 is 0 Å². The summed E-state index contributed by atoms with van der Waals surface area (Å²) in [5, 5.41) is 0. The zero-order valence-electron chi connectivity index (χ0n) is 9.39. The van der Waals surface area contributed by atoms with Crippen molar-refractivity contribution >= 4 is 0 Å². The lowest BCUT2D eigenvalue weighted by Crippen LogP contribution is -2.40. The van der Waals surface area contributed by atoms with Gasteiger partial charge in [-0.25, -0.2) is 4.39 Å². The van der Waals surface area contributed by atoms with E-state index >= 15 is 0 Å². The van der Waals surface area contributed by atoms with Gasteiger partial charge in [-0.15, -0.1) is 0 Å². The Morgan fingerprint density at radius 3 is 2.80 bits per heavy atom. The molecule has 1 unspecified atom stereocenters. The number of rotatable bonds is 1. The predicted molar refractivity (Wildman–Crippen MR) is 60.3 cm³/mol. The van der Waals surface area contributed by atoms with E-state index in [1.54, 1.807) is 12.1 Å². The zero-order valence-corrected chi connectivity index (χ0v) is 9.39. The fourth-order valence-corrected chi connectivity index (χ4v) is 2.54. The summed E-state index contributed by atoms with van der Waals surface area (Å²) in [5.74, 6) is 0.141. The van der Waals surface area contributed by atoms with Gasteiger partial charge in [-0.1, -0.05) is 6.07 Å². The van der Waals surface area contributed by atoms with E-state index in [9.17, 15) is 4.39 Å². The number of fused-ring (bicyclic) bond motifs is 1. The quantitative estimate of drug-likeness (QED) is 0.752. The van der Waals surface area contributed by atoms with Crippen molar-refractivity contribution in [3.8, 4) is 0 Å². The molecule has 2 N–H and O–H groups in total. The van der Waals surface area contributed by atoms with Crippen LogP contribution in [-0.4, -0.2) is 5.54 Å². The van der Waals surface area contributed by atoms with Crippen LogP contribution in [0.2, 0.25) is 0 Å². The number of nitrogens with two attached hydrogens (primary N) is 1. The lowest BCUT2D eigenvalue weighted by Gasteiger charge is -2.35. The monoisotopic (exact) mass is 207 g/mol. The predicted octanol–water partition coefficient (Wildman–Crippen LogP) is 2.98. The molecule has 0 aromatic heterocycles. The fourth-order valence-electron chi connectivity index (χ4n) is 2.54. The Labute approximate surface area is 90.5 Å². The molecule has 1 nitrogen and oxygen atoms in total. The van der Waals surface area contributed by atoms with Crippen molar-refractivity contribution in [2.24, 2.45) is 5.73 Å². The average Bonchev–Trinajstić information content (AvgIpc) is 2.15. The second kappa shape index (κ2) is 3.60. The van der Waals surface area contributed by atoms with Crippen LogP contribution in [0.5, 0.6) is 0 Å². The second-order valence-corrected chi connectivity index (χ2v) is 5.11. The van der Waals surface area contributed by atoms with Gasteiger partial charge in [0.1, 0.15) is 5.82 Å². The molecule has 2 rings (SSSR count). The highest BCUT2D eigenvalue weighted by molar-refractivity contribution is 5.35. The van der Waals surface area contributed by atoms with Gasteiger partial charge in [0.2, 0.25) is 0 Å². The molecule has 1 atom stereocenters. The normalized spacial score (nSPS) is 21.2. The van der Waals surface area contributed by atoms with Crippen LogP contribution in [-0.2, 0) is 6.42 Å². The lowest BCUT2D eigenvalue weighted by atomic mass is 9.73. The molecule has 0 radical (unpaired) electrons. The fraction of sp³-hybridized carbons (Fsp3) is 0.538. The molecule has 1 aliphatic carbocycles. The Balaban J connectivity index is 2.45. The molecule has 1 aromatic rings. The van der Waals surface area contributed by atoms with Crippen LogP contribution in [0.15, 0.2) is 18.2 Å².